The Labute approximate surface area is 128 Å². The molecule has 124 valence electrons. The van der Waals surface area contributed by atoms with Gasteiger partial charge in [0.25, 0.3) is 0 Å². The molecule has 1 aromatic carbocycles. The number of likely N-dealkylation sites (tertiary alicyclic amines) is 1. The fourth-order valence-corrected chi connectivity index (χ4v) is 3.06. The molecule has 0 aromatic heterocycles. The largest absolute Gasteiger partial charge is 0.416 e. The van der Waals surface area contributed by atoms with Gasteiger partial charge >= 0.3 is 6.18 Å². The van der Waals surface area contributed by atoms with Crippen molar-refractivity contribution in [3.05, 3.63) is 35.4 Å². The van der Waals surface area contributed by atoms with Gasteiger partial charge in [-0.1, -0.05) is 18.2 Å². The molecule has 1 saturated heterocycles. The topological polar surface area (TPSA) is 43.7 Å². The monoisotopic (exact) mass is 317 g/mol. The summed E-state index contributed by atoms with van der Waals surface area (Å²) in [6.45, 7) is 1.95. The molecule has 0 amide bonds. The first-order chi connectivity index (χ1) is 10.4. The van der Waals surface area contributed by atoms with Crippen molar-refractivity contribution in [2.45, 2.75) is 31.5 Å². The van der Waals surface area contributed by atoms with Crippen LogP contribution < -0.4 is 0 Å². The molecular weight excluding hydrogens is 295 g/mol. The van der Waals surface area contributed by atoms with E-state index in [0.717, 1.165) is 25.5 Å². The van der Waals surface area contributed by atoms with E-state index in [9.17, 15) is 23.4 Å². The Morgan fingerprint density at radius 2 is 2.00 bits per heavy atom. The van der Waals surface area contributed by atoms with Gasteiger partial charge in [0.05, 0.1) is 11.7 Å². The van der Waals surface area contributed by atoms with Crippen molar-refractivity contribution in [2.75, 3.05) is 26.2 Å². The van der Waals surface area contributed by atoms with Crippen LogP contribution in [0.25, 0.3) is 0 Å². The van der Waals surface area contributed by atoms with Crippen LogP contribution in [-0.4, -0.2) is 47.5 Å². The molecule has 2 N–H and O–H groups in total. The smallest absolute Gasteiger partial charge is 0.396 e. The van der Waals surface area contributed by atoms with E-state index in [4.69, 9.17) is 0 Å². The summed E-state index contributed by atoms with van der Waals surface area (Å²) in [6.07, 6.45) is -3.36. The number of β-amino-alcohol motifs (C(OH)–C–C–N with tert-alkyl or cyclic N) is 1. The number of alkyl halides is 3. The normalized spacial score (nSPS) is 21.8. The van der Waals surface area contributed by atoms with Crippen LogP contribution in [0.5, 0.6) is 0 Å². The second kappa shape index (κ2) is 7.44. The molecule has 0 radical (unpaired) electrons. The SMILES string of the molecule is OC[C@H]1CCCN(C[C@@H](O)Cc2ccccc2C(F)(F)F)C1. The Balaban J connectivity index is 1.96. The van der Waals surface area contributed by atoms with Crippen molar-refractivity contribution in [3.8, 4) is 0 Å². The molecule has 1 aromatic rings. The van der Waals surface area contributed by atoms with E-state index in [2.05, 4.69) is 0 Å². The number of halogens is 3. The highest BCUT2D eigenvalue weighted by molar-refractivity contribution is 5.30. The Kier molecular flexibility index (Phi) is 5.83. The Bertz CT molecular complexity index is 479. The van der Waals surface area contributed by atoms with Crippen LogP contribution in [0.3, 0.4) is 0 Å². The number of aliphatic hydroxyl groups is 2. The van der Waals surface area contributed by atoms with Crippen molar-refractivity contribution >= 4 is 0 Å². The molecule has 0 aliphatic carbocycles. The molecule has 3 nitrogen and oxygen atoms in total. The van der Waals surface area contributed by atoms with E-state index >= 15 is 0 Å². The zero-order chi connectivity index (χ0) is 16.2. The van der Waals surface area contributed by atoms with Crippen molar-refractivity contribution in [1.82, 2.24) is 4.90 Å². The number of piperidine rings is 1. The molecule has 1 aliphatic rings. The Morgan fingerprint density at radius 3 is 2.68 bits per heavy atom. The van der Waals surface area contributed by atoms with Gasteiger partial charge in [0, 0.05) is 26.1 Å². The summed E-state index contributed by atoms with van der Waals surface area (Å²) in [5.41, 5.74) is -0.556. The van der Waals surface area contributed by atoms with Gasteiger partial charge in [-0.05, 0) is 36.9 Å². The van der Waals surface area contributed by atoms with Crippen molar-refractivity contribution < 1.29 is 23.4 Å². The number of hydrogen-bond donors (Lipinski definition) is 2. The third kappa shape index (κ3) is 4.69. The molecule has 1 aliphatic heterocycles. The molecule has 0 bridgehead atoms. The van der Waals surface area contributed by atoms with Gasteiger partial charge in [0.1, 0.15) is 0 Å². The van der Waals surface area contributed by atoms with Gasteiger partial charge < -0.3 is 15.1 Å². The van der Waals surface area contributed by atoms with Crippen LogP contribution >= 0.6 is 0 Å². The lowest BCUT2D eigenvalue weighted by molar-refractivity contribution is -0.138. The highest BCUT2D eigenvalue weighted by Gasteiger charge is 2.33. The first kappa shape index (κ1) is 17.2. The molecule has 1 heterocycles. The van der Waals surface area contributed by atoms with Crippen molar-refractivity contribution in [3.63, 3.8) is 0 Å². The highest BCUT2D eigenvalue weighted by atomic mass is 19.4. The van der Waals surface area contributed by atoms with Crippen molar-refractivity contribution in [1.29, 1.82) is 0 Å². The second-order valence-corrected chi connectivity index (χ2v) is 5.96. The zero-order valence-corrected chi connectivity index (χ0v) is 12.4. The van der Waals surface area contributed by atoms with Crippen LogP contribution in [-0.2, 0) is 12.6 Å². The first-order valence-electron chi connectivity index (χ1n) is 7.56. The maximum absolute atomic E-state index is 12.9. The summed E-state index contributed by atoms with van der Waals surface area (Å²) in [7, 11) is 0. The summed E-state index contributed by atoms with van der Waals surface area (Å²) in [6, 6.07) is 5.37. The predicted molar refractivity (Wildman–Crippen MR) is 77.4 cm³/mol. The minimum absolute atomic E-state index is 0.0179. The van der Waals surface area contributed by atoms with Gasteiger partial charge in [-0.25, -0.2) is 0 Å². The number of hydrogen-bond acceptors (Lipinski definition) is 3. The van der Waals surface area contributed by atoms with Gasteiger partial charge in [0.2, 0.25) is 0 Å². The van der Waals surface area contributed by atoms with E-state index in [1.807, 2.05) is 4.90 Å². The van der Waals surface area contributed by atoms with E-state index in [-0.39, 0.29) is 24.5 Å². The molecule has 0 saturated carbocycles. The predicted octanol–water partition coefficient (Wildman–Crippen LogP) is 2.31. The summed E-state index contributed by atoms with van der Waals surface area (Å²) >= 11 is 0. The second-order valence-electron chi connectivity index (χ2n) is 5.96. The lowest BCUT2D eigenvalue weighted by Crippen LogP contribution is -2.41. The first-order valence-corrected chi connectivity index (χ1v) is 7.56. The Hall–Kier alpha value is -1.11. The van der Waals surface area contributed by atoms with E-state index < -0.39 is 17.8 Å². The maximum atomic E-state index is 12.9. The molecule has 0 unspecified atom stereocenters. The third-order valence-electron chi connectivity index (χ3n) is 4.11. The average molecular weight is 317 g/mol. The van der Waals surface area contributed by atoms with Gasteiger partial charge in [-0.2, -0.15) is 13.2 Å². The molecule has 2 rings (SSSR count). The lowest BCUT2D eigenvalue weighted by atomic mass is 9.97. The number of benzene rings is 1. The molecule has 0 spiro atoms. The minimum atomic E-state index is -4.40. The molecule has 1 fully saturated rings. The van der Waals surface area contributed by atoms with E-state index in [1.165, 1.54) is 12.1 Å². The van der Waals surface area contributed by atoms with E-state index in [0.29, 0.717) is 13.1 Å². The summed E-state index contributed by atoms with van der Waals surface area (Å²) in [5, 5.41) is 19.3. The summed E-state index contributed by atoms with van der Waals surface area (Å²) < 4.78 is 38.8. The van der Waals surface area contributed by atoms with Gasteiger partial charge in [-0.15, -0.1) is 0 Å². The van der Waals surface area contributed by atoms with Crippen LogP contribution in [0.15, 0.2) is 24.3 Å². The van der Waals surface area contributed by atoms with Crippen LogP contribution in [0, 0.1) is 5.92 Å². The zero-order valence-electron chi connectivity index (χ0n) is 12.4. The van der Waals surface area contributed by atoms with Crippen LogP contribution in [0.1, 0.15) is 24.0 Å². The average Bonchev–Trinajstić information content (AvgIpc) is 2.46. The lowest BCUT2D eigenvalue weighted by Gasteiger charge is -2.33. The number of rotatable bonds is 5. The maximum Gasteiger partial charge on any atom is 0.416 e. The van der Waals surface area contributed by atoms with Crippen LogP contribution in [0.2, 0.25) is 0 Å². The fourth-order valence-electron chi connectivity index (χ4n) is 3.06. The molecule has 6 heteroatoms. The highest BCUT2D eigenvalue weighted by Crippen LogP contribution is 2.32. The quantitative estimate of drug-likeness (QED) is 0.876. The fraction of sp³-hybridized carbons (Fsp3) is 0.625. The van der Waals surface area contributed by atoms with Gasteiger partial charge in [-0.3, -0.25) is 0 Å². The number of aliphatic hydroxyl groups excluding tert-OH is 2. The van der Waals surface area contributed by atoms with Crippen LogP contribution in [0.4, 0.5) is 13.2 Å². The standard InChI is InChI=1S/C16H22F3NO2/c17-16(18,19)15-6-2-1-5-13(15)8-14(22)10-20-7-3-4-12(9-20)11-21/h1-2,5-6,12,14,21-22H,3-4,7-11H2/t12-,14-/m0/s1. The molecular formula is C16H22F3NO2. The molecule has 22 heavy (non-hydrogen) atoms. The third-order valence-corrected chi connectivity index (χ3v) is 4.11. The molecule has 2 atom stereocenters. The Morgan fingerprint density at radius 1 is 1.27 bits per heavy atom. The van der Waals surface area contributed by atoms with Crippen molar-refractivity contribution in [2.24, 2.45) is 5.92 Å². The summed E-state index contributed by atoms with van der Waals surface area (Å²) in [5.74, 6) is 0.198. The minimum Gasteiger partial charge on any atom is -0.396 e. The number of nitrogens with zero attached hydrogens (tertiary/aromatic N) is 1. The van der Waals surface area contributed by atoms with Gasteiger partial charge in [0.15, 0.2) is 0 Å². The summed E-state index contributed by atoms with van der Waals surface area (Å²) in [4.78, 5) is 2.02. The van der Waals surface area contributed by atoms with E-state index in [1.54, 1.807) is 6.07 Å².